The van der Waals surface area contributed by atoms with E-state index < -0.39 is 10.0 Å². The lowest BCUT2D eigenvalue weighted by Crippen LogP contribution is -2.54. The Bertz CT molecular complexity index is 958. The molecule has 0 bridgehead atoms. The SMILES string of the molecule is CCCC(=O)N1CCCC(C(=O)N2CCN(S(=O)(=O)c3ccc4c(c3)OCCO4)CC2)C1. The highest BCUT2D eigenvalue weighted by Crippen LogP contribution is 2.33. The molecule has 1 unspecified atom stereocenters. The predicted octanol–water partition coefficient (Wildman–Crippen LogP) is 1.33. The Balaban J connectivity index is 1.36. The number of hydrogen-bond acceptors (Lipinski definition) is 6. The van der Waals surface area contributed by atoms with Gasteiger partial charge >= 0.3 is 0 Å². The molecular weight excluding hydrogens is 434 g/mol. The van der Waals surface area contributed by atoms with Crippen molar-refractivity contribution in [3.05, 3.63) is 18.2 Å². The lowest BCUT2D eigenvalue weighted by molar-refractivity contribution is -0.141. The van der Waals surface area contributed by atoms with Crippen LogP contribution in [0.4, 0.5) is 0 Å². The number of benzene rings is 1. The zero-order chi connectivity index (χ0) is 22.7. The first-order valence-corrected chi connectivity index (χ1v) is 12.8. The third-order valence-corrected chi connectivity index (χ3v) is 8.18. The Morgan fingerprint density at radius 2 is 1.72 bits per heavy atom. The van der Waals surface area contributed by atoms with Crippen molar-refractivity contribution >= 4 is 21.8 Å². The van der Waals surface area contributed by atoms with Gasteiger partial charge in [0.2, 0.25) is 21.8 Å². The molecule has 1 aromatic carbocycles. The maximum atomic E-state index is 13.1. The van der Waals surface area contributed by atoms with Crippen LogP contribution in [0.25, 0.3) is 0 Å². The van der Waals surface area contributed by atoms with Crippen LogP contribution in [0, 0.1) is 5.92 Å². The monoisotopic (exact) mass is 465 g/mol. The maximum absolute atomic E-state index is 13.1. The van der Waals surface area contributed by atoms with E-state index in [0.29, 0.717) is 57.3 Å². The number of ether oxygens (including phenoxy) is 2. The van der Waals surface area contributed by atoms with Crippen LogP contribution in [0.1, 0.15) is 32.6 Å². The van der Waals surface area contributed by atoms with Gasteiger partial charge in [0.1, 0.15) is 13.2 Å². The summed E-state index contributed by atoms with van der Waals surface area (Å²) in [5.41, 5.74) is 0. The first kappa shape index (κ1) is 22.8. The molecule has 1 atom stereocenters. The lowest BCUT2D eigenvalue weighted by Gasteiger charge is -2.38. The molecule has 4 rings (SSSR count). The molecular formula is C22H31N3O6S. The Kier molecular flexibility index (Phi) is 6.90. The summed E-state index contributed by atoms with van der Waals surface area (Å²) in [6.45, 7) is 5.17. The summed E-state index contributed by atoms with van der Waals surface area (Å²) in [5.74, 6) is 0.913. The van der Waals surface area contributed by atoms with E-state index in [2.05, 4.69) is 0 Å². The van der Waals surface area contributed by atoms with Crippen LogP contribution in [0.15, 0.2) is 23.1 Å². The van der Waals surface area contributed by atoms with Gasteiger partial charge in [-0.1, -0.05) is 6.92 Å². The molecule has 0 aromatic heterocycles. The topological polar surface area (TPSA) is 96.5 Å². The summed E-state index contributed by atoms with van der Waals surface area (Å²) in [5, 5.41) is 0. The van der Waals surface area contributed by atoms with Crippen molar-refractivity contribution in [1.82, 2.24) is 14.1 Å². The van der Waals surface area contributed by atoms with Crippen molar-refractivity contribution in [1.29, 1.82) is 0 Å². The maximum Gasteiger partial charge on any atom is 0.243 e. The molecule has 0 saturated carbocycles. The molecule has 2 saturated heterocycles. The Labute approximate surface area is 189 Å². The first-order valence-electron chi connectivity index (χ1n) is 11.4. The number of carbonyl (C=O) groups excluding carboxylic acids is 2. The van der Waals surface area contributed by atoms with E-state index in [1.54, 1.807) is 15.9 Å². The van der Waals surface area contributed by atoms with Crippen LogP contribution < -0.4 is 9.47 Å². The predicted molar refractivity (Wildman–Crippen MR) is 117 cm³/mol. The van der Waals surface area contributed by atoms with Gasteiger partial charge in [-0.05, 0) is 31.4 Å². The average molecular weight is 466 g/mol. The number of likely N-dealkylation sites (tertiary alicyclic amines) is 1. The summed E-state index contributed by atoms with van der Waals surface area (Å²) in [7, 11) is -3.69. The molecule has 2 fully saturated rings. The number of piperidine rings is 1. The summed E-state index contributed by atoms with van der Waals surface area (Å²) in [4.78, 5) is 29.0. The van der Waals surface area contributed by atoms with Gasteiger partial charge in [0.05, 0.1) is 10.8 Å². The van der Waals surface area contributed by atoms with E-state index in [-0.39, 0.29) is 35.7 Å². The number of carbonyl (C=O) groups is 2. The number of fused-ring (bicyclic) bond motifs is 1. The van der Waals surface area contributed by atoms with Crippen LogP contribution in [0.3, 0.4) is 0 Å². The standard InChI is InChI=1S/C22H31N3O6S/c1-2-4-21(26)24-8-3-5-17(16-24)22(27)23-9-11-25(12-10-23)32(28,29)18-6-7-19-20(15-18)31-14-13-30-19/h6-7,15,17H,2-5,8-14,16H2,1H3. The largest absolute Gasteiger partial charge is 0.486 e. The van der Waals surface area contributed by atoms with E-state index in [1.807, 2.05) is 6.92 Å². The summed E-state index contributed by atoms with van der Waals surface area (Å²) in [6, 6.07) is 4.66. The molecule has 9 nitrogen and oxygen atoms in total. The minimum atomic E-state index is -3.69. The molecule has 0 aliphatic carbocycles. The smallest absolute Gasteiger partial charge is 0.243 e. The quantitative estimate of drug-likeness (QED) is 0.651. The van der Waals surface area contributed by atoms with Crippen LogP contribution >= 0.6 is 0 Å². The van der Waals surface area contributed by atoms with Crippen molar-refractivity contribution in [2.45, 2.75) is 37.5 Å². The third-order valence-electron chi connectivity index (χ3n) is 6.29. The Morgan fingerprint density at radius 1 is 1.00 bits per heavy atom. The van der Waals surface area contributed by atoms with Crippen LogP contribution in [0.2, 0.25) is 0 Å². The van der Waals surface area contributed by atoms with Crippen molar-refractivity contribution < 1.29 is 27.5 Å². The summed E-state index contributed by atoms with van der Waals surface area (Å²) < 4.78 is 38.6. The van der Waals surface area contributed by atoms with Gasteiger partial charge in [0.25, 0.3) is 0 Å². The van der Waals surface area contributed by atoms with Gasteiger partial charge in [-0.3, -0.25) is 9.59 Å². The van der Waals surface area contributed by atoms with Gasteiger partial charge in [-0.15, -0.1) is 0 Å². The van der Waals surface area contributed by atoms with Crippen molar-refractivity contribution in [3.8, 4) is 11.5 Å². The van der Waals surface area contributed by atoms with E-state index in [9.17, 15) is 18.0 Å². The molecule has 0 spiro atoms. The molecule has 3 aliphatic heterocycles. The minimum absolute atomic E-state index is 0.0235. The second-order valence-corrected chi connectivity index (χ2v) is 10.4. The highest BCUT2D eigenvalue weighted by molar-refractivity contribution is 7.89. The normalized spacial score (nSPS) is 22.0. The van der Waals surface area contributed by atoms with Crippen LogP contribution in [-0.4, -0.2) is 86.8 Å². The van der Waals surface area contributed by atoms with Crippen LogP contribution in [0.5, 0.6) is 11.5 Å². The molecule has 32 heavy (non-hydrogen) atoms. The fourth-order valence-electron chi connectivity index (χ4n) is 4.52. The average Bonchev–Trinajstić information content (AvgIpc) is 2.83. The molecule has 0 radical (unpaired) electrons. The number of piperazine rings is 1. The van der Waals surface area contributed by atoms with Crippen molar-refractivity contribution in [2.24, 2.45) is 5.92 Å². The Hall–Kier alpha value is -2.33. The number of sulfonamides is 1. The molecule has 10 heteroatoms. The van der Waals surface area contributed by atoms with Crippen molar-refractivity contribution in [2.75, 3.05) is 52.5 Å². The molecule has 3 heterocycles. The van der Waals surface area contributed by atoms with Gasteiger partial charge in [-0.2, -0.15) is 4.31 Å². The highest BCUT2D eigenvalue weighted by atomic mass is 32.2. The molecule has 0 N–H and O–H groups in total. The molecule has 1 aromatic rings. The number of rotatable bonds is 5. The molecule has 3 aliphatic rings. The zero-order valence-corrected chi connectivity index (χ0v) is 19.3. The number of hydrogen-bond donors (Lipinski definition) is 0. The number of amides is 2. The Morgan fingerprint density at radius 3 is 2.44 bits per heavy atom. The van der Waals surface area contributed by atoms with E-state index in [0.717, 1.165) is 19.3 Å². The lowest BCUT2D eigenvalue weighted by atomic mass is 9.96. The van der Waals surface area contributed by atoms with E-state index >= 15 is 0 Å². The van der Waals surface area contributed by atoms with Crippen LogP contribution in [-0.2, 0) is 19.6 Å². The molecule has 2 amide bonds. The summed E-state index contributed by atoms with van der Waals surface area (Å²) >= 11 is 0. The van der Waals surface area contributed by atoms with E-state index in [1.165, 1.54) is 16.4 Å². The fraction of sp³-hybridized carbons (Fsp3) is 0.636. The van der Waals surface area contributed by atoms with Gasteiger partial charge in [0, 0.05) is 51.8 Å². The van der Waals surface area contributed by atoms with E-state index in [4.69, 9.17) is 9.47 Å². The third kappa shape index (κ3) is 4.71. The zero-order valence-electron chi connectivity index (χ0n) is 18.5. The van der Waals surface area contributed by atoms with Gasteiger partial charge in [0.15, 0.2) is 11.5 Å². The molecule has 176 valence electrons. The van der Waals surface area contributed by atoms with Gasteiger partial charge in [-0.25, -0.2) is 8.42 Å². The minimum Gasteiger partial charge on any atom is -0.486 e. The van der Waals surface area contributed by atoms with Crippen molar-refractivity contribution in [3.63, 3.8) is 0 Å². The number of nitrogens with zero attached hydrogens (tertiary/aromatic N) is 3. The highest BCUT2D eigenvalue weighted by Gasteiger charge is 2.35. The fourth-order valence-corrected chi connectivity index (χ4v) is 5.96. The summed E-state index contributed by atoms with van der Waals surface area (Å²) in [6.07, 6.45) is 2.90. The second kappa shape index (κ2) is 9.66. The second-order valence-electron chi connectivity index (χ2n) is 8.46. The van der Waals surface area contributed by atoms with Gasteiger partial charge < -0.3 is 19.3 Å². The first-order chi connectivity index (χ1) is 15.4.